The summed E-state index contributed by atoms with van der Waals surface area (Å²) in [7, 11) is 0. The standard InChI is InChI=1S/C15H28N2O/c1-3-17-10-4-5-14(17)11-16-15(18)13-8-6-12(2)7-9-13/h12-14H,3-11H2,1-2H3,(H,16,18)/t12-,13-,14?. The molecular weight excluding hydrogens is 224 g/mol. The van der Waals surface area contributed by atoms with Crippen molar-refractivity contribution in [3.63, 3.8) is 0 Å². The molecule has 1 N–H and O–H groups in total. The molecule has 0 aromatic heterocycles. The van der Waals surface area contributed by atoms with Gasteiger partial charge in [0.15, 0.2) is 0 Å². The van der Waals surface area contributed by atoms with Crippen LogP contribution in [0.5, 0.6) is 0 Å². The molecule has 1 heterocycles. The van der Waals surface area contributed by atoms with Gasteiger partial charge in [0.25, 0.3) is 0 Å². The summed E-state index contributed by atoms with van der Waals surface area (Å²) in [5, 5.41) is 3.19. The van der Waals surface area contributed by atoms with E-state index in [4.69, 9.17) is 0 Å². The SMILES string of the molecule is CCN1CCCC1CNC(=O)[C@H]1CC[C@H](C)CC1. The zero-order chi connectivity index (χ0) is 13.0. The molecule has 0 spiro atoms. The lowest BCUT2D eigenvalue weighted by Crippen LogP contribution is -2.42. The Morgan fingerprint density at radius 2 is 1.94 bits per heavy atom. The van der Waals surface area contributed by atoms with Crippen LogP contribution in [-0.4, -0.2) is 36.5 Å². The van der Waals surface area contributed by atoms with Crippen molar-refractivity contribution in [1.82, 2.24) is 10.2 Å². The van der Waals surface area contributed by atoms with E-state index in [1.165, 1.54) is 32.2 Å². The smallest absolute Gasteiger partial charge is 0.223 e. The molecule has 1 saturated heterocycles. The summed E-state index contributed by atoms with van der Waals surface area (Å²) in [5.74, 6) is 1.42. The lowest BCUT2D eigenvalue weighted by molar-refractivity contribution is -0.126. The van der Waals surface area contributed by atoms with Gasteiger partial charge in [0.1, 0.15) is 0 Å². The van der Waals surface area contributed by atoms with E-state index in [9.17, 15) is 4.79 Å². The highest BCUT2D eigenvalue weighted by Crippen LogP contribution is 2.28. The lowest BCUT2D eigenvalue weighted by Gasteiger charge is -2.27. The van der Waals surface area contributed by atoms with Crippen molar-refractivity contribution in [2.24, 2.45) is 11.8 Å². The Morgan fingerprint density at radius 1 is 1.22 bits per heavy atom. The molecule has 1 aliphatic heterocycles. The van der Waals surface area contributed by atoms with Gasteiger partial charge in [-0.05, 0) is 57.5 Å². The predicted molar refractivity (Wildman–Crippen MR) is 74.4 cm³/mol. The van der Waals surface area contributed by atoms with E-state index in [0.29, 0.717) is 11.9 Å². The third kappa shape index (κ3) is 3.47. The van der Waals surface area contributed by atoms with Gasteiger partial charge in [-0.2, -0.15) is 0 Å². The highest BCUT2D eigenvalue weighted by molar-refractivity contribution is 5.78. The largest absolute Gasteiger partial charge is 0.354 e. The first-order valence-electron chi connectivity index (χ1n) is 7.72. The Balaban J connectivity index is 1.71. The molecule has 2 rings (SSSR count). The van der Waals surface area contributed by atoms with E-state index in [2.05, 4.69) is 24.1 Å². The van der Waals surface area contributed by atoms with E-state index in [-0.39, 0.29) is 5.92 Å². The van der Waals surface area contributed by atoms with E-state index in [0.717, 1.165) is 31.8 Å². The van der Waals surface area contributed by atoms with E-state index >= 15 is 0 Å². The third-order valence-corrected chi connectivity index (χ3v) is 4.80. The van der Waals surface area contributed by atoms with Crippen LogP contribution in [0.3, 0.4) is 0 Å². The summed E-state index contributed by atoms with van der Waals surface area (Å²) in [6.07, 6.45) is 7.17. The van der Waals surface area contributed by atoms with Gasteiger partial charge in [-0.1, -0.05) is 13.8 Å². The summed E-state index contributed by atoms with van der Waals surface area (Å²) in [6.45, 7) is 7.69. The maximum atomic E-state index is 12.1. The zero-order valence-corrected chi connectivity index (χ0v) is 12.0. The molecule has 3 nitrogen and oxygen atoms in total. The Labute approximate surface area is 111 Å². The van der Waals surface area contributed by atoms with Crippen molar-refractivity contribution in [1.29, 1.82) is 0 Å². The quantitative estimate of drug-likeness (QED) is 0.833. The molecule has 104 valence electrons. The fourth-order valence-corrected chi connectivity index (χ4v) is 3.43. The molecule has 2 aliphatic rings. The molecule has 1 amide bonds. The second-order valence-electron chi connectivity index (χ2n) is 6.13. The van der Waals surface area contributed by atoms with Crippen LogP contribution in [0.2, 0.25) is 0 Å². The van der Waals surface area contributed by atoms with Gasteiger partial charge < -0.3 is 5.32 Å². The van der Waals surface area contributed by atoms with Gasteiger partial charge in [-0.3, -0.25) is 9.69 Å². The number of carbonyl (C=O) groups excluding carboxylic acids is 1. The van der Waals surface area contributed by atoms with Crippen molar-refractivity contribution in [2.45, 2.75) is 58.4 Å². The minimum Gasteiger partial charge on any atom is -0.354 e. The van der Waals surface area contributed by atoms with Crippen LogP contribution in [0, 0.1) is 11.8 Å². The maximum Gasteiger partial charge on any atom is 0.223 e. The number of amides is 1. The third-order valence-electron chi connectivity index (χ3n) is 4.80. The first-order valence-corrected chi connectivity index (χ1v) is 7.72. The molecule has 0 bridgehead atoms. The minimum absolute atomic E-state index is 0.290. The molecule has 3 heteroatoms. The Bertz CT molecular complexity index is 272. The molecule has 18 heavy (non-hydrogen) atoms. The zero-order valence-electron chi connectivity index (χ0n) is 12.0. The van der Waals surface area contributed by atoms with Crippen LogP contribution in [0.15, 0.2) is 0 Å². The predicted octanol–water partition coefficient (Wildman–Crippen LogP) is 2.41. The molecule has 1 atom stereocenters. The van der Waals surface area contributed by atoms with Crippen LogP contribution in [0.25, 0.3) is 0 Å². The molecule has 1 saturated carbocycles. The van der Waals surface area contributed by atoms with Crippen molar-refractivity contribution >= 4 is 5.91 Å². The van der Waals surface area contributed by atoms with Gasteiger partial charge in [-0.15, -0.1) is 0 Å². The number of carbonyl (C=O) groups is 1. The fraction of sp³-hybridized carbons (Fsp3) is 0.933. The normalized spacial score (nSPS) is 33.6. The average molecular weight is 252 g/mol. The molecule has 0 aromatic rings. The first-order chi connectivity index (χ1) is 8.70. The van der Waals surface area contributed by atoms with Crippen LogP contribution in [0.4, 0.5) is 0 Å². The second kappa shape index (κ2) is 6.55. The van der Waals surface area contributed by atoms with E-state index in [1.54, 1.807) is 0 Å². The van der Waals surface area contributed by atoms with Crippen molar-refractivity contribution < 1.29 is 4.79 Å². The molecule has 1 unspecified atom stereocenters. The highest BCUT2D eigenvalue weighted by Gasteiger charge is 2.27. The van der Waals surface area contributed by atoms with Crippen molar-refractivity contribution in [3.8, 4) is 0 Å². The van der Waals surface area contributed by atoms with Crippen molar-refractivity contribution in [3.05, 3.63) is 0 Å². The Hall–Kier alpha value is -0.570. The Morgan fingerprint density at radius 3 is 2.61 bits per heavy atom. The summed E-state index contributed by atoms with van der Waals surface area (Å²) in [5.41, 5.74) is 0. The Kier molecular flexibility index (Phi) is 5.04. The topological polar surface area (TPSA) is 32.3 Å². The number of nitrogens with zero attached hydrogens (tertiary/aromatic N) is 1. The highest BCUT2D eigenvalue weighted by atomic mass is 16.1. The monoisotopic (exact) mass is 252 g/mol. The van der Waals surface area contributed by atoms with Crippen LogP contribution >= 0.6 is 0 Å². The van der Waals surface area contributed by atoms with Crippen LogP contribution in [-0.2, 0) is 4.79 Å². The van der Waals surface area contributed by atoms with Crippen molar-refractivity contribution in [2.75, 3.05) is 19.6 Å². The summed E-state index contributed by atoms with van der Waals surface area (Å²) in [4.78, 5) is 14.6. The lowest BCUT2D eigenvalue weighted by atomic mass is 9.82. The molecule has 0 aromatic carbocycles. The number of nitrogens with one attached hydrogen (secondary N) is 1. The summed E-state index contributed by atoms with van der Waals surface area (Å²) < 4.78 is 0. The second-order valence-corrected chi connectivity index (χ2v) is 6.13. The maximum absolute atomic E-state index is 12.1. The van der Waals surface area contributed by atoms with E-state index < -0.39 is 0 Å². The molecule has 1 aliphatic carbocycles. The number of hydrogen-bond acceptors (Lipinski definition) is 2. The molecule has 2 fully saturated rings. The minimum atomic E-state index is 0.290. The van der Waals surface area contributed by atoms with Gasteiger partial charge in [0, 0.05) is 18.5 Å². The van der Waals surface area contributed by atoms with Gasteiger partial charge >= 0.3 is 0 Å². The van der Waals surface area contributed by atoms with Crippen LogP contribution in [0.1, 0.15) is 52.4 Å². The van der Waals surface area contributed by atoms with Crippen LogP contribution < -0.4 is 5.32 Å². The number of likely N-dealkylation sites (N-methyl/N-ethyl adjacent to an activating group) is 1. The summed E-state index contributed by atoms with van der Waals surface area (Å²) in [6, 6.07) is 0.585. The number of hydrogen-bond donors (Lipinski definition) is 1. The first kappa shape index (κ1) is 13.9. The number of rotatable bonds is 4. The number of likely N-dealkylation sites (tertiary alicyclic amines) is 1. The van der Waals surface area contributed by atoms with Gasteiger partial charge in [0.05, 0.1) is 0 Å². The van der Waals surface area contributed by atoms with E-state index in [1.807, 2.05) is 0 Å². The summed E-state index contributed by atoms with van der Waals surface area (Å²) >= 11 is 0. The van der Waals surface area contributed by atoms with Gasteiger partial charge in [-0.25, -0.2) is 0 Å². The average Bonchev–Trinajstić information content (AvgIpc) is 2.84. The van der Waals surface area contributed by atoms with Gasteiger partial charge in [0.2, 0.25) is 5.91 Å². The fourth-order valence-electron chi connectivity index (χ4n) is 3.43. The molecule has 0 radical (unpaired) electrons. The molecular formula is C15H28N2O.